The Bertz CT molecular complexity index is 863. The predicted octanol–water partition coefficient (Wildman–Crippen LogP) is 2.21. The van der Waals surface area contributed by atoms with Crippen LogP contribution >= 0.6 is 0 Å². The van der Waals surface area contributed by atoms with Crippen molar-refractivity contribution in [1.29, 1.82) is 0 Å². The van der Waals surface area contributed by atoms with Crippen LogP contribution in [0.2, 0.25) is 0 Å². The largest absolute Gasteiger partial charge is 0.489 e. The molecule has 3 aromatic rings. The normalized spacial score (nSPS) is 17.0. The molecule has 25 heavy (non-hydrogen) atoms. The molecule has 1 saturated heterocycles. The highest BCUT2D eigenvalue weighted by Crippen LogP contribution is 2.23. The lowest BCUT2D eigenvalue weighted by Crippen LogP contribution is -2.25. The minimum absolute atomic E-state index is 0.151. The highest BCUT2D eigenvalue weighted by atomic mass is 16.5. The fraction of sp³-hybridized carbons (Fsp3) is 0.278. The predicted molar refractivity (Wildman–Crippen MR) is 96.0 cm³/mol. The summed E-state index contributed by atoms with van der Waals surface area (Å²) in [5, 5.41) is 4.38. The zero-order valence-corrected chi connectivity index (χ0v) is 14.0. The molecule has 1 atom stereocenters. The topological polar surface area (TPSA) is 82.1 Å². The minimum atomic E-state index is 0.151. The Morgan fingerprint density at radius 1 is 1.12 bits per heavy atom. The first-order valence-corrected chi connectivity index (χ1v) is 8.30. The van der Waals surface area contributed by atoms with Crippen molar-refractivity contribution in [3.8, 4) is 11.6 Å². The number of aryl methyl sites for hydroxylation is 1. The molecule has 1 aromatic carbocycles. The van der Waals surface area contributed by atoms with Crippen LogP contribution in [-0.2, 0) is 0 Å². The second kappa shape index (κ2) is 6.43. The summed E-state index contributed by atoms with van der Waals surface area (Å²) >= 11 is 0. The van der Waals surface area contributed by atoms with Crippen molar-refractivity contribution >= 4 is 11.6 Å². The van der Waals surface area contributed by atoms with Crippen molar-refractivity contribution < 1.29 is 4.74 Å². The van der Waals surface area contributed by atoms with Gasteiger partial charge in [0.15, 0.2) is 5.82 Å². The lowest BCUT2D eigenvalue weighted by atomic mass is 10.3. The molecule has 128 valence electrons. The number of hydrogen-bond donors (Lipinski definition) is 1. The molecule has 2 aromatic heterocycles. The Hall–Kier alpha value is -3.09. The molecule has 0 unspecified atom stereocenters. The van der Waals surface area contributed by atoms with Crippen LogP contribution in [0.25, 0.3) is 5.82 Å². The molecule has 4 rings (SSSR count). The van der Waals surface area contributed by atoms with E-state index in [0.29, 0.717) is 11.6 Å². The van der Waals surface area contributed by atoms with E-state index in [2.05, 4.69) is 20.0 Å². The second-order valence-electron chi connectivity index (χ2n) is 6.14. The van der Waals surface area contributed by atoms with E-state index in [1.165, 1.54) is 0 Å². The van der Waals surface area contributed by atoms with E-state index < -0.39 is 0 Å². The van der Waals surface area contributed by atoms with Gasteiger partial charge >= 0.3 is 0 Å². The monoisotopic (exact) mass is 336 g/mol. The molecule has 1 aliphatic rings. The maximum Gasteiger partial charge on any atom is 0.161 e. The number of aromatic nitrogens is 4. The standard InChI is InChI=1S/C18H20N6O/c1-13-9-16(19)24(22-13)18-10-17(20-12-21-18)23-8-7-15(11-23)25-14-5-3-2-4-6-14/h2-6,9-10,12,15H,7-8,11,19H2,1H3/t15-/m1/s1. The van der Waals surface area contributed by atoms with Gasteiger partial charge in [-0.25, -0.2) is 9.97 Å². The number of para-hydroxylation sites is 1. The average molecular weight is 336 g/mol. The number of nitrogens with zero attached hydrogens (tertiary/aromatic N) is 5. The van der Waals surface area contributed by atoms with Gasteiger partial charge in [0, 0.05) is 25.1 Å². The zero-order chi connectivity index (χ0) is 17.2. The number of benzene rings is 1. The van der Waals surface area contributed by atoms with Gasteiger partial charge in [-0.1, -0.05) is 18.2 Å². The van der Waals surface area contributed by atoms with Crippen LogP contribution in [0.5, 0.6) is 5.75 Å². The Labute approximate surface area is 146 Å². The van der Waals surface area contributed by atoms with Gasteiger partial charge in [0.25, 0.3) is 0 Å². The summed E-state index contributed by atoms with van der Waals surface area (Å²) in [4.78, 5) is 10.9. The summed E-state index contributed by atoms with van der Waals surface area (Å²) in [6.45, 7) is 3.58. The van der Waals surface area contributed by atoms with Gasteiger partial charge < -0.3 is 15.4 Å². The minimum Gasteiger partial charge on any atom is -0.489 e. The molecule has 7 heteroatoms. The Balaban J connectivity index is 1.49. The first-order chi connectivity index (χ1) is 12.2. The second-order valence-corrected chi connectivity index (χ2v) is 6.14. The Morgan fingerprint density at radius 3 is 2.68 bits per heavy atom. The summed E-state index contributed by atoms with van der Waals surface area (Å²) in [5.74, 6) is 2.99. The lowest BCUT2D eigenvalue weighted by molar-refractivity contribution is 0.225. The molecule has 0 amide bonds. The van der Waals surface area contributed by atoms with Crippen LogP contribution in [0.4, 0.5) is 11.6 Å². The zero-order valence-electron chi connectivity index (χ0n) is 14.0. The molecule has 0 radical (unpaired) electrons. The summed E-state index contributed by atoms with van der Waals surface area (Å²) < 4.78 is 7.68. The number of nitrogen functional groups attached to an aromatic ring is 1. The van der Waals surface area contributed by atoms with Gasteiger partial charge in [-0.05, 0) is 19.1 Å². The first kappa shape index (κ1) is 15.4. The molecular formula is C18H20N6O. The molecule has 3 heterocycles. The van der Waals surface area contributed by atoms with E-state index in [-0.39, 0.29) is 6.10 Å². The van der Waals surface area contributed by atoms with Crippen LogP contribution in [0, 0.1) is 6.92 Å². The van der Waals surface area contributed by atoms with Crippen LogP contribution in [0.15, 0.2) is 48.8 Å². The van der Waals surface area contributed by atoms with Gasteiger partial charge in [0.1, 0.15) is 29.8 Å². The summed E-state index contributed by atoms with van der Waals surface area (Å²) in [5.41, 5.74) is 6.85. The van der Waals surface area contributed by atoms with Gasteiger partial charge in [-0.3, -0.25) is 0 Å². The fourth-order valence-corrected chi connectivity index (χ4v) is 3.05. The highest BCUT2D eigenvalue weighted by Gasteiger charge is 2.25. The molecule has 0 spiro atoms. The quantitative estimate of drug-likeness (QED) is 0.786. The van der Waals surface area contributed by atoms with E-state index in [9.17, 15) is 0 Å². The number of rotatable bonds is 4. The van der Waals surface area contributed by atoms with E-state index >= 15 is 0 Å². The summed E-state index contributed by atoms with van der Waals surface area (Å²) in [7, 11) is 0. The van der Waals surface area contributed by atoms with Gasteiger partial charge in [-0.15, -0.1) is 0 Å². The van der Waals surface area contributed by atoms with Crippen LogP contribution in [-0.4, -0.2) is 38.9 Å². The van der Waals surface area contributed by atoms with Crippen molar-refractivity contribution in [2.45, 2.75) is 19.4 Å². The molecular weight excluding hydrogens is 316 g/mol. The van der Waals surface area contributed by atoms with Crippen LogP contribution < -0.4 is 15.4 Å². The third kappa shape index (κ3) is 3.26. The molecule has 7 nitrogen and oxygen atoms in total. The number of anilines is 2. The number of ether oxygens (including phenoxy) is 1. The van der Waals surface area contributed by atoms with Gasteiger partial charge in [-0.2, -0.15) is 9.78 Å². The number of hydrogen-bond acceptors (Lipinski definition) is 6. The van der Waals surface area contributed by atoms with Gasteiger partial charge in [0.2, 0.25) is 0 Å². The van der Waals surface area contributed by atoms with Gasteiger partial charge in [0.05, 0.1) is 12.2 Å². The smallest absolute Gasteiger partial charge is 0.161 e. The van der Waals surface area contributed by atoms with E-state index in [1.807, 2.05) is 49.4 Å². The maximum atomic E-state index is 6.04. The molecule has 0 aliphatic carbocycles. The third-order valence-electron chi connectivity index (χ3n) is 4.23. The fourth-order valence-electron chi connectivity index (χ4n) is 3.05. The van der Waals surface area contributed by atoms with Crippen LogP contribution in [0.3, 0.4) is 0 Å². The molecule has 1 aliphatic heterocycles. The Morgan fingerprint density at radius 2 is 1.92 bits per heavy atom. The van der Waals surface area contributed by atoms with Crippen molar-refractivity contribution in [2.24, 2.45) is 0 Å². The summed E-state index contributed by atoms with van der Waals surface area (Å²) in [6.07, 6.45) is 2.65. The SMILES string of the molecule is Cc1cc(N)n(-c2cc(N3CC[C@@H](Oc4ccccc4)C3)ncn2)n1. The molecule has 2 N–H and O–H groups in total. The van der Waals surface area contributed by atoms with Crippen molar-refractivity contribution in [1.82, 2.24) is 19.7 Å². The lowest BCUT2D eigenvalue weighted by Gasteiger charge is -2.18. The van der Waals surface area contributed by atoms with E-state index in [0.717, 1.165) is 36.8 Å². The summed E-state index contributed by atoms with van der Waals surface area (Å²) in [6, 6.07) is 13.6. The third-order valence-corrected chi connectivity index (χ3v) is 4.23. The highest BCUT2D eigenvalue weighted by molar-refractivity contribution is 5.47. The first-order valence-electron chi connectivity index (χ1n) is 8.30. The van der Waals surface area contributed by atoms with E-state index in [4.69, 9.17) is 10.5 Å². The molecule has 1 fully saturated rings. The van der Waals surface area contributed by atoms with Crippen molar-refractivity contribution in [3.63, 3.8) is 0 Å². The average Bonchev–Trinajstić information content (AvgIpc) is 3.22. The van der Waals surface area contributed by atoms with Crippen LogP contribution in [0.1, 0.15) is 12.1 Å². The number of nitrogens with two attached hydrogens (primary N) is 1. The van der Waals surface area contributed by atoms with E-state index in [1.54, 1.807) is 11.0 Å². The van der Waals surface area contributed by atoms with Crippen molar-refractivity contribution in [3.05, 3.63) is 54.5 Å². The molecule has 0 bridgehead atoms. The van der Waals surface area contributed by atoms with Crippen molar-refractivity contribution in [2.75, 3.05) is 23.7 Å². The maximum absolute atomic E-state index is 6.04. The Kier molecular flexibility index (Phi) is 3.97. The molecule has 0 saturated carbocycles.